The third-order valence-corrected chi connectivity index (χ3v) is 3.98. The fourth-order valence-corrected chi connectivity index (χ4v) is 2.80. The smallest absolute Gasteiger partial charge is 0.313 e. The fraction of sp³-hybridized carbons (Fsp3) is 0.643. The van der Waals surface area contributed by atoms with Gasteiger partial charge in [0, 0.05) is 12.2 Å². The average Bonchev–Trinajstić information content (AvgIpc) is 2.54. The van der Waals surface area contributed by atoms with Gasteiger partial charge in [0.2, 0.25) is 0 Å². The van der Waals surface area contributed by atoms with E-state index in [1.54, 1.807) is 0 Å². The van der Waals surface area contributed by atoms with E-state index in [0.29, 0.717) is 5.92 Å². The highest BCUT2D eigenvalue weighted by atomic mass is 16.2. The van der Waals surface area contributed by atoms with Crippen molar-refractivity contribution in [3.05, 3.63) is 32.6 Å². The minimum absolute atomic E-state index is 0.0666. The standard InChI is InChI=1S/C14H20N2O3/c1-9-4-3-5-11(7-6-9)16-13(18)12(10(2)17)8-15-14(16)19/h8-9,11H,3-7H2,1-2H3,(H,15,19). The number of H-pyrrole nitrogens is 1. The van der Waals surface area contributed by atoms with Crippen LogP contribution < -0.4 is 11.2 Å². The molecule has 1 aromatic rings. The zero-order valence-corrected chi connectivity index (χ0v) is 11.4. The summed E-state index contributed by atoms with van der Waals surface area (Å²) in [6, 6.07) is -0.0829. The molecular formula is C14H20N2O3. The van der Waals surface area contributed by atoms with Crippen LogP contribution in [-0.4, -0.2) is 15.3 Å². The number of nitrogens with zero attached hydrogens (tertiary/aromatic N) is 1. The van der Waals surface area contributed by atoms with Crippen LogP contribution >= 0.6 is 0 Å². The Morgan fingerprint density at radius 2 is 2.00 bits per heavy atom. The monoisotopic (exact) mass is 264 g/mol. The van der Waals surface area contributed by atoms with E-state index < -0.39 is 11.2 Å². The van der Waals surface area contributed by atoms with Gasteiger partial charge in [-0.3, -0.25) is 14.2 Å². The Morgan fingerprint density at radius 3 is 2.68 bits per heavy atom. The molecule has 1 N–H and O–H groups in total. The third-order valence-electron chi connectivity index (χ3n) is 3.98. The molecule has 0 aromatic carbocycles. The van der Waals surface area contributed by atoms with Crippen molar-refractivity contribution >= 4 is 5.78 Å². The largest absolute Gasteiger partial charge is 0.328 e. The van der Waals surface area contributed by atoms with E-state index in [0.717, 1.165) is 32.1 Å². The molecule has 2 unspecified atom stereocenters. The highest BCUT2D eigenvalue weighted by Gasteiger charge is 2.22. The molecule has 0 aliphatic heterocycles. The molecule has 5 heteroatoms. The summed E-state index contributed by atoms with van der Waals surface area (Å²) in [4.78, 5) is 38.1. The number of Topliss-reactive ketones (excluding diaryl/α,β-unsaturated/α-hetero) is 1. The molecule has 0 bridgehead atoms. The molecule has 0 radical (unpaired) electrons. The summed E-state index contributed by atoms with van der Waals surface area (Å²) in [5.41, 5.74) is -0.790. The number of rotatable bonds is 2. The Balaban J connectivity index is 2.44. The van der Waals surface area contributed by atoms with E-state index in [-0.39, 0.29) is 17.4 Å². The SMILES string of the molecule is CC(=O)c1c[nH]c(=O)n(C2CCCC(C)CC2)c1=O. The van der Waals surface area contributed by atoms with Gasteiger partial charge < -0.3 is 4.98 Å². The highest BCUT2D eigenvalue weighted by molar-refractivity contribution is 5.93. The number of hydrogen-bond donors (Lipinski definition) is 1. The van der Waals surface area contributed by atoms with Crippen molar-refractivity contribution in [1.29, 1.82) is 0 Å². The molecular weight excluding hydrogens is 244 g/mol. The molecule has 0 saturated heterocycles. The van der Waals surface area contributed by atoms with Gasteiger partial charge in [-0.15, -0.1) is 0 Å². The van der Waals surface area contributed by atoms with Crippen molar-refractivity contribution in [3.63, 3.8) is 0 Å². The Morgan fingerprint density at radius 1 is 1.26 bits per heavy atom. The number of hydrogen-bond acceptors (Lipinski definition) is 3. The van der Waals surface area contributed by atoms with Crippen LogP contribution in [0.15, 0.2) is 15.8 Å². The van der Waals surface area contributed by atoms with Gasteiger partial charge in [0.15, 0.2) is 5.78 Å². The first-order valence-corrected chi connectivity index (χ1v) is 6.86. The lowest BCUT2D eigenvalue weighted by Gasteiger charge is -2.16. The molecule has 5 nitrogen and oxygen atoms in total. The zero-order chi connectivity index (χ0) is 14.0. The van der Waals surface area contributed by atoms with E-state index in [4.69, 9.17) is 0 Å². The van der Waals surface area contributed by atoms with Crippen molar-refractivity contribution < 1.29 is 4.79 Å². The van der Waals surface area contributed by atoms with E-state index in [9.17, 15) is 14.4 Å². The van der Waals surface area contributed by atoms with E-state index in [2.05, 4.69) is 11.9 Å². The first kappa shape index (κ1) is 13.8. The molecule has 1 fully saturated rings. The fourth-order valence-electron chi connectivity index (χ4n) is 2.80. The third kappa shape index (κ3) is 2.85. The molecule has 0 spiro atoms. The lowest BCUT2D eigenvalue weighted by molar-refractivity contribution is 0.101. The molecule has 2 atom stereocenters. The predicted molar refractivity (Wildman–Crippen MR) is 72.6 cm³/mol. The van der Waals surface area contributed by atoms with Gasteiger partial charge >= 0.3 is 5.69 Å². The van der Waals surface area contributed by atoms with Crippen molar-refractivity contribution in [2.45, 2.75) is 52.0 Å². The quantitative estimate of drug-likeness (QED) is 0.655. The molecule has 19 heavy (non-hydrogen) atoms. The normalized spacial score (nSPS) is 23.9. The number of ketones is 1. The van der Waals surface area contributed by atoms with Gasteiger partial charge in [-0.05, 0) is 32.1 Å². The van der Waals surface area contributed by atoms with Crippen LogP contribution in [0.2, 0.25) is 0 Å². The first-order valence-electron chi connectivity index (χ1n) is 6.86. The minimum Gasteiger partial charge on any atom is -0.313 e. The summed E-state index contributed by atoms with van der Waals surface area (Å²) < 4.78 is 1.24. The van der Waals surface area contributed by atoms with Gasteiger partial charge in [-0.1, -0.05) is 19.8 Å². The Kier molecular flexibility index (Phi) is 4.02. The predicted octanol–water partition coefficient (Wildman–Crippen LogP) is 1.88. The summed E-state index contributed by atoms with van der Waals surface area (Å²) in [5, 5.41) is 0. The lowest BCUT2D eigenvalue weighted by atomic mass is 10.0. The van der Waals surface area contributed by atoms with Crippen molar-refractivity contribution in [2.75, 3.05) is 0 Å². The topological polar surface area (TPSA) is 71.9 Å². The van der Waals surface area contributed by atoms with Crippen LogP contribution in [0.1, 0.15) is 62.4 Å². The Hall–Kier alpha value is -1.65. The van der Waals surface area contributed by atoms with Crippen LogP contribution in [-0.2, 0) is 0 Å². The molecule has 1 aliphatic rings. The van der Waals surface area contributed by atoms with Crippen molar-refractivity contribution in [3.8, 4) is 0 Å². The molecule has 1 aromatic heterocycles. The van der Waals surface area contributed by atoms with E-state index in [1.165, 1.54) is 17.7 Å². The van der Waals surface area contributed by atoms with Crippen LogP contribution in [0.4, 0.5) is 0 Å². The summed E-state index contributed by atoms with van der Waals surface area (Å²) >= 11 is 0. The summed E-state index contributed by atoms with van der Waals surface area (Å²) in [6.45, 7) is 3.54. The summed E-state index contributed by atoms with van der Waals surface area (Å²) in [5.74, 6) is 0.327. The second kappa shape index (κ2) is 5.55. The number of aromatic nitrogens is 2. The summed E-state index contributed by atoms with van der Waals surface area (Å²) in [7, 11) is 0. The number of carbonyl (C=O) groups is 1. The second-order valence-electron chi connectivity index (χ2n) is 5.51. The molecule has 0 amide bonds. The second-order valence-corrected chi connectivity index (χ2v) is 5.51. The van der Waals surface area contributed by atoms with E-state index >= 15 is 0 Å². The van der Waals surface area contributed by atoms with Crippen LogP contribution in [0.3, 0.4) is 0 Å². The molecule has 1 heterocycles. The van der Waals surface area contributed by atoms with Crippen LogP contribution in [0, 0.1) is 5.92 Å². The molecule has 104 valence electrons. The van der Waals surface area contributed by atoms with E-state index in [1.807, 2.05) is 0 Å². The maximum atomic E-state index is 12.2. The number of carbonyl (C=O) groups excluding carboxylic acids is 1. The average molecular weight is 264 g/mol. The first-order chi connectivity index (χ1) is 9.00. The van der Waals surface area contributed by atoms with Gasteiger partial charge in [-0.25, -0.2) is 4.79 Å². The lowest BCUT2D eigenvalue weighted by Crippen LogP contribution is -2.40. The van der Waals surface area contributed by atoms with Gasteiger partial charge in [0.1, 0.15) is 0 Å². The minimum atomic E-state index is -0.448. The molecule has 1 saturated carbocycles. The Bertz CT molecular complexity index is 585. The summed E-state index contributed by atoms with van der Waals surface area (Å²) in [6.07, 6.45) is 6.04. The number of nitrogens with one attached hydrogen (secondary N) is 1. The Labute approximate surface area is 111 Å². The van der Waals surface area contributed by atoms with Crippen LogP contribution in [0.5, 0.6) is 0 Å². The zero-order valence-electron chi connectivity index (χ0n) is 11.4. The molecule has 1 aliphatic carbocycles. The number of aromatic amines is 1. The van der Waals surface area contributed by atoms with Gasteiger partial charge in [0.25, 0.3) is 5.56 Å². The van der Waals surface area contributed by atoms with Gasteiger partial charge in [-0.2, -0.15) is 0 Å². The van der Waals surface area contributed by atoms with Crippen LogP contribution in [0.25, 0.3) is 0 Å². The van der Waals surface area contributed by atoms with Crippen molar-refractivity contribution in [2.24, 2.45) is 5.92 Å². The maximum Gasteiger partial charge on any atom is 0.328 e. The van der Waals surface area contributed by atoms with Gasteiger partial charge in [0.05, 0.1) is 5.56 Å². The van der Waals surface area contributed by atoms with Crippen molar-refractivity contribution in [1.82, 2.24) is 9.55 Å². The molecule has 2 rings (SSSR count). The highest BCUT2D eigenvalue weighted by Crippen LogP contribution is 2.28. The maximum absolute atomic E-state index is 12.2.